The first kappa shape index (κ1) is 28.7. The molecule has 0 aliphatic carbocycles. The molecule has 0 heterocycles. The van der Waals surface area contributed by atoms with E-state index in [2.05, 4.69) is 105 Å². The van der Waals surface area contributed by atoms with Crippen LogP contribution in [0.2, 0.25) is 0 Å². The first-order valence-corrected chi connectivity index (χ1v) is 16.0. The van der Waals surface area contributed by atoms with Gasteiger partial charge >= 0.3 is 0 Å². The van der Waals surface area contributed by atoms with Gasteiger partial charge in [0.25, 0.3) is 0 Å². The van der Waals surface area contributed by atoms with Crippen molar-refractivity contribution in [2.75, 3.05) is 6.16 Å². The van der Waals surface area contributed by atoms with Crippen molar-refractivity contribution in [1.29, 1.82) is 0 Å². The highest BCUT2D eigenvalue weighted by Gasteiger charge is 2.44. The monoisotopic (exact) mass is 510 g/mol. The molecule has 0 radical (unpaired) electrons. The van der Waals surface area contributed by atoms with Gasteiger partial charge < -0.3 is 5.11 Å². The first-order valence-electron chi connectivity index (χ1n) is 14.0. The lowest BCUT2D eigenvalue weighted by Crippen LogP contribution is -2.33. The highest BCUT2D eigenvalue weighted by atomic mass is 31.2. The summed E-state index contributed by atoms with van der Waals surface area (Å²) in [5.74, 6) is 0.113. The molecule has 4 aromatic carbocycles. The molecule has 0 N–H and O–H groups in total. The smallest absolute Gasteiger partial charge is 0.112 e. The van der Waals surface area contributed by atoms with Crippen LogP contribution in [0, 0.1) is 0 Å². The first-order chi connectivity index (χ1) is 18.2. The van der Waals surface area contributed by atoms with Crippen LogP contribution in [-0.4, -0.2) is 6.16 Å². The molecule has 0 spiro atoms. The predicted octanol–water partition coefficient (Wildman–Crippen LogP) is 8.05. The van der Waals surface area contributed by atoms with Gasteiger partial charge in [-0.05, 0) is 61.2 Å². The average Bonchev–Trinajstić information content (AvgIpc) is 2.96. The van der Waals surface area contributed by atoms with Crippen molar-refractivity contribution in [1.82, 2.24) is 0 Å². The number of aryl methyl sites for hydroxylation is 1. The molecule has 0 aliphatic rings. The van der Waals surface area contributed by atoms with Gasteiger partial charge in [-0.2, -0.15) is 0 Å². The molecule has 1 nitrogen and oxygen atoms in total. The van der Waals surface area contributed by atoms with Gasteiger partial charge in [-0.15, -0.1) is 5.75 Å². The fraction of sp³-hybridized carbons (Fsp3) is 0.314. The number of benzene rings is 4. The van der Waals surface area contributed by atoms with Gasteiger partial charge in [-0.3, -0.25) is 0 Å². The van der Waals surface area contributed by atoms with Crippen LogP contribution in [0.5, 0.6) is 5.75 Å². The summed E-state index contributed by atoms with van der Waals surface area (Å²) in [6.07, 6.45) is 11.5. The lowest BCUT2D eigenvalue weighted by atomic mass is 10.1. The summed E-state index contributed by atoms with van der Waals surface area (Å²) in [6, 6.07) is 40.4. The molecule has 0 aromatic heterocycles. The second-order valence-electron chi connectivity index (χ2n) is 9.70. The Labute approximate surface area is 226 Å². The summed E-state index contributed by atoms with van der Waals surface area (Å²) in [5.41, 5.74) is 1.30. The van der Waals surface area contributed by atoms with Crippen LogP contribution in [0.15, 0.2) is 115 Å². The Balaban J connectivity index is 0.000000222. The maximum absolute atomic E-state index is 10.9. The molecule has 0 saturated carbocycles. The van der Waals surface area contributed by atoms with Crippen LogP contribution >= 0.6 is 7.26 Å². The second kappa shape index (κ2) is 16.1. The number of unbranched alkanes of at least 4 members (excludes halogenated alkanes) is 5. The summed E-state index contributed by atoms with van der Waals surface area (Å²) in [7, 11) is -1.55. The Hall–Kier alpha value is -2.89. The summed E-state index contributed by atoms with van der Waals surface area (Å²) >= 11 is 0. The zero-order valence-corrected chi connectivity index (χ0v) is 23.6. The molecular weight excluding hydrogens is 467 g/mol. The Morgan fingerprint density at radius 1 is 0.486 bits per heavy atom. The Bertz CT molecular complexity index is 1010. The van der Waals surface area contributed by atoms with Gasteiger partial charge in [0.15, 0.2) is 0 Å². The van der Waals surface area contributed by atoms with Gasteiger partial charge in [0, 0.05) is 0 Å². The summed E-state index contributed by atoms with van der Waals surface area (Å²) < 4.78 is 0. The van der Waals surface area contributed by atoms with Crippen molar-refractivity contribution >= 4 is 23.2 Å². The average molecular weight is 511 g/mol. The van der Waals surface area contributed by atoms with Crippen LogP contribution in [0.3, 0.4) is 0 Å². The van der Waals surface area contributed by atoms with Crippen molar-refractivity contribution in [3.05, 3.63) is 121 Å². The molecule has 0 aliphatic heterocycles. The SMILES string of the molecule is CCCCCCCCc1ccc([O-])cc1.CCC[P+](c1ccccc1)(c1ccccc1)c1ccccc1. The third-order valence-corrected chi connectivity index (χ3v) is 11.5. The van der Waals surface area contributed by atoms with E-state index in [0.717, 1.165) is 6.42 Å². The Morgan fingerprint density at radius 2 is 0.919 bits per heavy atom. The molecule has 37 heavy (non-hydrogen) atoms. The molecule has 0 fully saturated rings. The van der Waals surface area contributed by atoms with Crippen LogP contribution in [0.4, 0.5) is 0 Å². The molecule has 4 aromatic rings. The van der Waals surface area contributed by atoms with Gasteiger partial charge in [0.05, 0.1) is 6.16 Å². The largest absolute Gasteiger partial charge is 0.872 e. The van der Waals surface area contributed by atoms with Crippen LogP contribution < -0.4 is 21.0 Å². The van der Waals surface area contributed by atoms with Crippen molar-refractivity contribution < 1.29 is 5.11 Å². The maximum atomic E-state index is 10.9. The van der Waals surface area contributed by atoms with E-state index in [4.69, 9.17) is 0 Å². The van der Waals surface area contributed by atoms with E-state index in [1.54, 1.807) is 12.1 Å². The Morgan fingerprint density at radius 3 is 1.35 bits per heavy atom. The van der Waals surface area contributed by atoms with Gasteiger partial charge in [-0.1, -0.05) is 125 Å². The number of hydrogen-bond acceptors (Lipinski definition) is 1. The predicted molar refractivity (Wildman–Crippen MR) is 163 cm³/mol. The quantitative estimate of drug-likeness (QED) is 0.140. The maximum Gasteiger partial charge on any atom is 0.112 e. The van der Waals surface area contributed by atoms with Crippen molar-refractivity contribution in [2.45, 2.75) is 65.2 Å². The van der Waals surface area contributed by atoms with Crippen molar-refractivity contribution in [2.24, 2.45) is 0 Å². The fourth-order valence-corrected chi connectivity index (χ4v) is 9.37. The third-order valence-electron chi connectivity index (χ3n) is 6.89. The van der Waals surface area contributed by atoms with E-state index < -0.39 is 7.26 Å². The molecular formula is C35H43OP. The summed E-state index contributed by atoms with van der Waals surface area (Å²) in [4.78, 5) is 0. The lowest BCUT2D eigenvalue weighted by Gasteiger charge is -2.27. The number of hydrogen-bond donors (Lipinski definition) is 0. The molecule has 0 unspecified atom stereocenters. The van der Waals surface area contributed by atoms with Crippen molar-refractivity contribution in [3.8, 4) is 5.75 Å². The van der Waals surface area contributed by atoms with Crippen molar-refractivity contribution in [3.63, 3.8) is 0 Å². The third kappa shape index (κ3) is 8.58. The molecule has 0 amide bonds. The fourth-order valence-electron chi connectivity index (χ4n) is 4.98. The molecule has 2 heteroatoms. The minimum absolute atomic E-state index is 0.113. The second-order valence-corrected chi connectivity index (χ2v) is 13.3. The van der Waals surface area contributed by atoms with E-state index in [-0.39, 0.29) is 5.75 Å². The van der Waals surface area contributed by atoms with Gasteiger partial charge in [-0.25, -0.2) is 0 Å². The van der Waals surface area contributed by atoms with Crippen LogP contribution in [0.25, 0.3) is 0 Å². The van der Waals surface area contributed by atoms with Crippen LogP contribution in [-0.2, 0) is 6.42 Å². The van der Waals surface area contributed by atoms with Gasteiger partial charge in [0.1, 0.15) is 23.2 Å². The normalized spacial score (nSPS) is 11.0. The van der Waals surface area contributed by atoms with E-state index in [0.29, 0.717) is 0 Å². The Kier molecular flexibility index (Phi) is 12.4. The minimum Gasteiger partial charge on any atom is -0.872 e. The number of rotatable bonds is 12. The molecule has 0 saturated heterocycles. The molecule has 4 rings (SSSR count). The summed E-state index contributed by atoms with van der Waals surface area (Å²) in [5, 5.41) is 15.3. The minimum atomic E-state index is -1.55. The van der Waals surface area contributed by atoms with E-state index >= 15 is 0 Å². The standard InChI is InChI=1S/C21H22P.C14H22O/c1-2-18-22(19-12-6-3-7-13-19,20-14-8-4-9-15-20)21-16-10-5-11-17-21;1-2-3-4-5-6-7-8-13-9-11-14(15)12-10-13/h3-17H,2,18H2,1H3;9-12,15H,2-8H2,1H3/q+1;/p-1. The topological polar surface area (TPSA) is 23.1 Å². The summed E-state index contributed by atoms with van der Waals surface area (Å²) in [6.45, 7) is 4.54. The molecule has 194 valence electrons. The molecule has 0 bridgehead atoms. The highest BCUT2D eigenvalue weighted by Crippen LogP contribution is 2.55. The highest BCUT2D eigenvalue weighted by molar-refractivity contribution is 7.95. The van der Waals surface area contributed by atoms with E-state index in [9.17, 15) is 5.11 Å². The van der Waals surface area contributed by atoms with E-state index in [1.165, 1.54) is 72.6 Å². The lowest BCUT2D eigenvalue weighted by molar-refractivity contribution is -0.268. The zero-order chi connectivity index (χ0) is 26.2. The van der Waals surface area contributed by atoms with E-state index in [1.807, 2.05) is 12.1 Å². The van der Waals surface area contributed by atoms with Crippen LogP contribution in [0.1, 0.15) is 64.4 Å². The zero-order valence-electron chi connectivity index (χ0n) is 22.7. The molecule has 0 atom stereocenters. The van der Waals surface area contributed by atoms with Gasteiger partial charge in [0.2, 0.25) is 0 Å².